The number of hydrogen-bond donors (Lipinski definition) is 1. The molecule has 2 aromatic carbocycles. The van der Waals surface area contributed by atoms with Gasteiger partial charge in [-0.3, -0.25) is 4.79 Å². The predicted molar refractivity (Wildman–Crippen MR) is 126 cm³/mol. The molecule has 1 N–H and O–H groups in total. The van der Waals surface area contributed by atoms with Crippen LogP contribution in [0.25, 0.3) is 11.0 Å². The second-order valence-corrected chi connectivity index (χ2v) is 7.84. The van der Waals surface area contributed by atoms with Gasteiger partial charge in [0.2, 0.25) is 5.82 Å². The second kappa shape index (κ2) is 9.82. The third-order valence-electron chi connectivity index (χ3n) is 5.21. The molecule has 0 saturated carbocycles. The maximum absolute atomic E-state index is 12.8. The van der Waals surface area contributed by atoms with E-state index < -0.39 is 0 Å². The summed E-state index contributed by atoms with van der Waals surface area (Å²) in [6.07, 6.45) is 0. The molecule has 1 aromatic heterocycles. The van der Waals surface area contributed by atoms with Crippen molar-refractivity contribution in [2.24, 2.45) is 0 Å². The van der Waals surface area contributed by atoms with Gasteiger partial charge in [0.05, 0.1) is 32.4 Å². The van der Waals surface area contributed by atoms with Crippen molar-refractivity contribution in [2.45, 2.75) is 0 Å². The molecular formula is C22H25N5O4S. The lowest BCUT2D eigenvalue weighted by Gasteiger charge is -2.36. The number of ether oxygens (including phenoxy) is 3. The number of aromatic nitrogens is 2. The number of rotatable bonds is 6. The van der Waals surface area contributed by atoms with Crippen LogP contribution in [0.5, 0.6) is 17.4 Å². The Hall–Kier alpha value is -3.40. The number of methoxy groups -OCH3 is 3. The summed E-state index contributed by atoms with van der Waals surface area (Å²) in [4.78, 5) is 25.8. The van der Waals surface area contributed by atoms with Crippen molar-refractivity contribution in [3.63, 3.8) is 0 Å². The fraction of sp³-hybridized carbons (Fsp3) is 0.318. The van der Waals surface area contributed by atoms with E-state index in [-0.39, 0.29) is 5.24 Å². The number of amides is 1. The molecule has 0 bridgehead atoms. The fourth-order valence-electron chi connectivity index (χ4n) is 3.47. The molecule has 1 fully saturated rings. The van der Waals surface area contributed by atoms with E-state index in [1.54, 1.807) is 14.2 Å². The number of benzene rings is 2. The van der Waals surface area contributed by atoms with Gasteiger partial charge in [-0.05, 0) is 12.1 Å². The number of piperazine rings is 1. The average molecular weight is 456 g/mol. The quantitative estimate of drug-likeness (QED) is 0.559. The Labute approximate surface area is 190 Å². The molecule has 32 heavy (non-hydrogen) atoms. The molecule has 0 unspecified atom stereocenters. The first-order valence-electron chi connectivity index (χ1n) is 10.1. The third-order valence-corrected chi connectivity index (χ3v) is 5.93. The van der Waals surface area contributed by atoms with Gasteiger partial charge in [-0.25, -0.2) is 9.97 Å². The summed E-state index contributed by atoms with van der Waals surface area (Å²) in [5.41, 5.74) is 2.47. The summed E-state index contributed by atoms with van der Waals surface area (Å²) in [6.45, 7) is 2.63. The van der Waals surface area contributed by atoms with Crippen LogP contribution in [0.1, 0.15) is 0 Å². The number of nitrogens with one attached hydrogen (secondary N) is 1. The molecule has 0 aliphatic carbocycles. The highest BCUT2D eigenvalue weighted by atomic mass is 32.2. The van der Waals surface area contributed by atoms with Crippen molar-refractivity contribution in [1.82, 2.24) is 14.9 Å². The first-order chi connectivity index (χ1) is 15.6. The lowest BCUT2D eigenvalue weighted by Crippen LogP contribution is -2.47. The highest BCUT2D eigenvalue weighted by molar-refractivity contribution is 8.14. The van der Waals surface area contributed by atoms with Gasteiger partial charge in [0.25, 0.3) is 5.88 Å². The molecule has 9 nitrogen and oxygen atoms in total. The van der Waals surface area contributed by atoms with E-state index in [1.807, 2.05) is 47.4 Å². The van der Waals surface area contributed by atoms with Gasteiger partial charge in [0.15, 0.2) is 0 Å². The van der Waals surface area contributed by atoms with Crippen molar-refractivity contribution in [3.8, 4) is 17.4 Å². The SMILES string of the molecule is COc1cc(OC)cc(N2CCN(C(=O)SNc3nc4ccccc4nc3OC)CC2)c1. The molecule has 3 aromatic rings. The minimum Gasteiger partial charge on any atom is -0.497 e. The van der Waals surface area contributed by atoms with Crippen LogP contribution in [0.15, 0.2) is 42.5 Å². The van der Waals surface area contributed by atoms with Gasteiger partial charge < -0.3 is 28.7 Å². The maximum atomic E-state index is 12.8. The molecular weight excluding hydrogens is 430 g/mol. The lowest BCUT2D eigenvalue weighted by molar-refractivity contribution is 0.219. The van der Waals surface area contributed by atoms with Crippen LogP contribution < -0.4 is 23.8 Å². The molecule has 0 spiro atoms. The van der Waals surface area contributed by atoms with E-state index in [1.165, 1.54) is 7.11 Å². The molecule has 2 heterocycles. The molecule has 1 amide bonds. The summed E-state index contributed by atoms with van der Waals surface area (Å²) in [5.74, 6) is 2.25. The Morgan fingerprint density at radius 1 is 0.906 bits per heavy atom. The first kappa shape index (κ1) is 21.8. The second-order valence-electron chi connectivity index (χ2n) is 7.09. The monoisotopic (exact) mass is 455 g/mol. The smallest absolute Gasteiger partial charge is 0.302 e. The number of carbonyl (C=O) groups is 1. The zero-order valence-corrected chi connectivity index (χ0v) is 19.0. The summed E-state index contributed by atoms with van der Waals surface area (Å²) < 4.78 is 19.1. The minimum absolute atomic E-state index is 0.0788. The zero-order valence-electron chi connectivity index (χ0n) is 18.2. The van der Waals surface area contributed by atoms with Crippen LogP contribution in [0.2, 0.25) is 0 Å². The van der Waals surface area contributed by atoms with E-state index in [9.17, 15) is 4.79 Å². The van der Waals surface area contributed by atoms with Crippen molar-refractivity contribution >= 4 is 39.7 Å². The molecule has 1 saturated heterocycles. The summed E-state index contributed by atoms with van der Waals surface area (Å²) in [7, 11) is 4.80. The summed E-state index contributed by atoms with van der Waals surface area (Å²) in [5, 5.41) is -0.0788. The van der Waals surface area contributed by atoms with Crippen molar-refractivity contribution in [1.29, 1.82) is 0 Å². The maximum Gasteiger partial charge on any atom is 0.302 e. The molecule has 168 valence electrons. The molecule has 0 radical (unpaired) electrons. The van der Waals surface area contributed by atoms with Gasteiger partial charge >= 0.3 is 5.24 Å². The van der Waals surface area contributed by atoms with Crippen LogP contribution in [0.4, 0.5) is 16.3 Å². The van der Waals surface area contributed by atoms with Crippen molar-refractivity contribution < 1.29 is 19.0 Å². The first-order valence-corrected chi connectivity index (χ1v) is 10.9. The molecule has 0 atom stereocenters. The average Bonchev–Trinajstić information content (AvgIpc) is 2.86. The standard InChI is InChI=1S/C22H25N5O4S/c1-29-16-12-15(13-17(14-16)30-2)26-8-10-27(11-9-26)22(28)32-25-20-21(31-3)24-19-7-5-4-6-18(19)23-20/h4-7,12-14H,8-11H2,1-3H3,(H,23,25). The largest absolute Gasteiger partial charge is 0.497 e. The summed E-state index contributed by atoms with van der Waals surface area (Å²) >= 11 is 0.979. The van der Waals surface area contributed by atoms with E-state index in [2.05, 4.69) is 19.6 Å². The molecule has 10 heteroatoms. The highest BCUT2D eigenvalue weighted by Crippen LogP contribution is 2.30. The fourth-order valence-corrected chi connectivity index (χ4v) is 4.10. The van der Waals surface area contributed by atoms with Gasteiger partial charge in [-0.2, -0.15) is 0 Å². The topological polar surface area (TPSA) is 89.1 Å². The van der Waals surface area contributed by atoms with E-state index in [4.69, 9.17) is 14.2 Å². The lowest BCUT2D eigenvalue weighted by atomic mass is 10.2. The van der Waals surface area contributed by atoms with Crippen LogP contribution in [0.3, 0.4) is 0 Å². The number of nitrogens with zero attached hydrogens (tertiary/aromatic N) is 4. The molecule has 1 aliphatic heterocycles. The predicted octanol–water partition coefficient (Wildman–Crippen LogP) is 3.66. The third kappa shape index (κ3) is 4.75. The Morgan fingerprint density at radius 2 is 1.53 bits per heavy atom. The van der Waals surface area contributed by atoms with Crippen molar-refractivity contribution in [3.05, 3.63) is 42.5 Å². The van der Waals surface area contributed by atoms with Gasteiger partial charge in [-0.1, -0.05) is 12.1 Å². The van der Waals surface area contributed by atoms with Crippen LogP contribution in [-0.4, -0.2) is 67.6 Å². The number of hydrogen-bond acceptors (Lipinski definition) is 9. The number of anilines is 2. The van der Waals surface area contributed by atoms with E-state index in [0.29, 0.717) is 37.9 Å². The molecule has 1 aliphatic rings. The number of carbonyl (C=O) groups excluding carboxylic acids is 1. The molecule has 4 rings (SSSR count). The van der Waals surface area contributed by atoms with Crippen LogP contribution >= 0.6 is 11.9 Å². The normalized spacial score (nSPS) is 13.7. The Morgan fingerprint density at radius 3 is 2.12 bits per heavy atom. The zero-order chi connectivity index (χ0) is 22.5. The Balaban J connectivity index is 1.37. The Kier molecular flexibility index (Phi) is 6.69. The number of para-hydroxylation sites is 2. The van der Waals surface area contributed by atoms with Crippen LogP contribution in [0, 0.1) is 0 Å². The highest BCUT2D eigenvalue weighted by Gasteiger charge is 2.23. The van der Waals surface area contributed by atoms with Gasteiger partial charge in [0, 0.05) is 62.0 Å². The van der Waals surface area contributed by atoms with E-state index in [0.717, 1.165) is 40.2 Å². The van der Waals surface area contributed by atoms with Crippen LogP contribution in [-0.2, 0) is 0 Å². The Bertz CT molecular complexity index is 1080. The van der Waals surface area contributed by atoms with E-state index >= 15 is 0 Å². The minimum atomic E-state index is -0.0788. The number of fused-ring (bicyclic) bond motifs is 1. The summed E-state index contributed by atoms with van der Waals surface area (Å²) in [6, 6.07) is 13.3. The van der Waals surface area contributed by atoms with Gasteiger partial charge in [-0.15, -0.1) is 0 Å². The van der Waals surface area contributed by atoms with Gasteiger partial charge in [0.1, 0.15) is 11.5 Å². The van der Waals surface area contributed by atoms with Crippen molar-refractivity contribution in [2.75, 3.05) is 57.1 Å².